The zero-order valence-electron chi connectivity index (χ0n) is 14.6. The normalized spacial score (nSPS) is 15.1. The molecule has 1 amide bonds. The van der Waals surface area contributed by atoms with Crippen molar-refractivity contribution in [2.24, 2.45) is 0 Å². The molecule has 0 bridgehead atoms. The molecule has 1 aliphatic rings. The van der Waals surface area contributed by atoms with E-state index in [1.165, 1.54) is 25.4 Å². The largest absolute Gasteiger partial charge is 0.494 e. The number of ether oxygens (including phenoxy) is 1. The van der Waals surface area contributed by atoms with E-state index in [1.807, 2.05) is 0 Å². The number of carbonyl (C=O) groups is 2. The maximum absolute atomic E-state index is 14.3. The zero-order chi connectivity index (χ0) is 18.8. The van der Waals surface area contributed by atoms with Crippen LogP contribution < -0.4 is 4.74 Å². The molecule has 1 fully saturated rings. The Kier molecular flexibility index (Phi) is 4.92. The van der Waals surface area contributed by atoms with Crippen LogP contribution >= 0.6 is 0 Å². The third kappa shape index (κ3) is 3.14. The van der Waals surface area contributed by atoms with Crippen LogP contribution in [0.25, 0.3) is 0 Å². The van der Waals surface area contributed by atoms with Crippen molar-refractivity contribution in [2.75, 3.05) is 20.2 Å². The predicted octanol–water partition coefficient (Wildman–Crippen LogP) is 2.51. The Bertz CT molecular complexity index is 841. The Morgan fingerprint density at radius 1 is 1.27 bits per heavy atom. The van der Waals surface area contributed by atoms with Crippen LogP contribution in [0.3, 0.4) is 0 Å². The van der Waals surface area contributed by atoms with Gasteiger partial charge >= 0.3 is 5.97 Å². The van der Waals surface area contributed by atoms with Crippen molar-refractivity contribution in [2.45, 2.75) is 25.8 Å². The third-order valence-electron chi connectivity index (χ3n) is 4.79. The fraction of sp³-hybridized carbons (Fsp3) is 0.389. The van der Waals surface area contributed by atoms with Gasteiger partial charge < -0.3 is 14.7 Å². The van der Waals surface area contributed by atoms with Gasteiger partial charge in [-0.25, -0.2) is 9.18 Å². The Morgan fingerprint density at radius 3 is 2.54 bits per heavy atom. The van der Waals surface area contributed by atoms with Crippen LogP contribution in [-0.4, -0.2) is 51.9 Å². The first-order chi connectivity index (χ1) is 12.4. The van der Waals surface area contributed by atoms with Crippen LogP contribution in [0.15, 0.2) is 24.4 Å². The first-order valence-corrected chi connectivity index (χ1v) is 8.33. The van der Waals surface area contributed by atoms with Crippen molar-refractivity contribution >= 4 is 11.9 Å². The summed E-state index contributed by atoms with van der Waals surface area (Å²) in [5, 5.41) is 13.3. The van der Waals surface area contributed by atoms with Gasteiger partial charge in [0, 0.05) is 13.1 Å². The number of nitrogens with zero attached hydrogens (tertiary/aromatic N) is 3. The number of methoxy groups -OCH3 is 1. The SMILES string of the molecule is COc1cccc(C(=O)N2CCC(n3ncc(C(=O)O)c3C)CC2)c1F. The van der Waals surface area contributed by atoms with Gasteiger partial charge in [0.2, 0.25) is 0 Å². The number of carboxylic acid groups (broad SMARTS) is 1. The van der Waals surface area contributed by atoms with Gasteiger partial charge in [0.1, 0.15) is 5.56 Å². The summed E-state index contributed by atoms with van der Waals surface area (Å²) >= 11 is 0. The summed E-state index contributed by atoms with van der Waals surface area (Å²) in [4.78, 5) is 25.4. The summed E-state index contributed by atoms with van der Waals surface area (Å²) in [6.45, 7) is 2.61. The lowest BCUT2D eigenvalue weighted by molar-refractivity contribution is 0.0683. The smallest absolute Gasteiger partial charge is 0.339 e. The Morgan fingerprint density at radius 2 is 1.96 bits per heavy atom. The number of carboxylic acids is 1. The average Bonchev–Trinajstić information content (AvgIpc) is 3.03. The number of likely N-dealkylation sites (tertiary alicyclic amines) is 1. The van der Waals surface area contributed by atoms with Crippen LogP contribution in [0, 0.1) is 12.7 Å². The Balaban J connectivity index is 1.71. The molecule has 0 aliphatic carbocycles. The number of benzene rings is 1. The minimum atomic E-state index is -1.00. The molecule has 8 heteroatoms. The highest BCUT2D eigenvalue weighted by Gasteiger charge is 2.28. The quantitative estimate of drug-likeness (QED) is 0.904. The first-order valence-electron chi connectivity index (χ1n) is 8.33. The van der Waals surface area contributed by atoms with Crippen molar-refractivity contribution in [1.82, 2.24) is 14.7 Å². The minimum Gasteiger partial charge on any atom is -0.494 e. The second-order valence-electron chi connectivity index (χ2n) is 6.24. The van der Waals surface area contributed by atoms with E-state index in [9.17, 15) is 14.0 Å². The molecule has 1 aliphatic heterocycles. The Hall–Kier alpha value is -2.90. The van der Waals surface area contributed by atoms with Crippen molar-refractivity contribution in [3.05, 3.63) is 47.0 Å². The van der Waals surface area contributed by atoms with Crippen LogP contribution in [0.1, 0.15) is 45.3 Å². The second-order valence-corrected chi connectivity index (χ2v) is 6.24. The van der Waals surface area contributed by atoms with E-state index in [1.54, 1.807) is 22.6 Å². The molecule has 0 radical (unpaired) electrons. The maximum Gasteiger partial charge on any atom is 0.339 e. The van der Waals surface area contributed by atoms with E-state index in [4.69, 9.17) is 9.84 Å². The van der Waals surface area contributed by atoms with Gasteiger partial charge in [-0.05, 0) is 31.9 Å². The maximum atomic E-state index is 14.3. The van der Waals surface area contributed by atoms with Gasteiger partial charge in [0.15, 0.2) is 11.6 Å². The molecule has 1 aromatic carbocycles. The van der Waals surface area contributed by atoms with Gasteiger partial charge in [-0.3, -0.25) is 9.48 Å². The minimum absolute atomic E-state index is 0.00812. The monoisotopic (exact) mass is 361 g/mol. The van der Waals surface area contributed by atoms with Crippen LogP contribution in [0.4, 0.5) is 4.39 Å². The molecule has 0 spiro atoms. The number of halogens is 1. The number of aromatic carboxylic acids is 1. The highest BCUT2D eigenvalue weighted by molar-refractivity contribution is 5.95. The van der Waals surface area contributed by atoms with Crippen molar-refractivity contribution in [3.63, 3.8) is 0 Å². The zero-order valence-corrected chi connectivity index (χ0v) is 14.6. The lowest BCUT2D eigenvalue weighted by Crippen LogP contribution is -2.39. The molecule has 0 unspecified atom stereocenters. The first kappa shape index (κ1) is 17.9. The van der Waals surface area contributed by atoms with E-state index >= 15 is 0 Å². The summed E-state index contributed by atoms with van der Waals surface area (Å²) in [5.74, 6) is -1.99. The van der Waals surface area contributed by atoms with Crippen LogP contribution in [0.5, 0.6) is 5.75 Å². The molecule has 2 aromatic rings. The molecule has 2 heterocycles. The molecule has 1 aromatic heterocycles. The molecular formula is C18H20FN3O4. The fourth-order valence-corrected chi connectivity index (χ4v) is 3.32. The predicted molar refractivity (Wildman–Crippen MR) is 91.0 cm³/mol. The van der Waals surface area contributed by atoms with E-state index in [2.05, 4.69) is 5.10 Å². The lowest BCUT2D eigenvalue weighted by Gasteiger charge is -2.32. The molecule has 0 atom stereocenters. The summed E-state index contributed by atoms with van der Waals surface area (Å²) in [6, 6.07) is 4.52. The standard InChI is InChI=1S/C18H20FN3O4/c1-11-14(18(24)25)10-20-22(11)12-6-8-21(9-7-12)17(23)13-4-3-5-15(26-2)16(13)19/h3-5,10,12H,6-9H2,1-2H3,(H,24,25). The molecule has 138 valence electrons. The summed E-state index contributed by atoms with van der Waals surface area (Å²) in [5.41, 5.74) is 0.773. The van der Waals surface area contributed by atoms with Gasteiger partial charge in [0.25, 0.3) is 5.91 Å². The number of hydrogen-bond donors (Lipinski definition) is 1. The molecule has 3 rings (SSSR count). The second kappa shape index (κ2) is 7.15. The van der Waals surface area contributed by atoms with E-state index in [0.29, 0.717) is 31.6 Å². The van der Waals surface area contributed by atoms with Crippen LogP contribution in [-0.2, 0) is 0 Å². The van der Waals surface area contributed by atoms with E-state index in [-0.39, 0.29) is 28.8 Å². The Labute approximate surface area is 150 Å². The molecule has 1 N–H and O–H groups in total. The van der Waals surface area contributed by atoms with E-state index in [0.717, 1.165) is 0 Å². The van der Waals surface area contributed by atoms with Gasteiger partial charge in [-0.2, -0.15) is 5.10 Å². The summed E-state index contributed by atoms with van der Waals surface area (Å²) in [6.07, 6.45) is 2.60. The van der Waals surface area contributed by atoms with Gasteiger partial charge in [0.05, 0.1) is 30.6 Å². The molecule has 7 nitrogen and oxygen atoms in total. The van der Waals surface area contributed by atoms with Crippen LogP contribution in [0.2, 0.25) is 0 Å². The number of amides is 1. The number of piperidine rings is 1. The number of carbonyl (C=O) groups excluding carboxylic acids is 1. The molecule has 1 saturated heterocycles. The molecule has 26 heavy (non-hydrogen) atoms. The van der Waals surface area contributed by atoms with Crippen molar-refractivity contribution < 1.29 is 23.8 Å². The summed E-state index contributed by atoms with van der Waals surface area (Å²) < 4.78 is 20.9. The summed E-state index contributed by atoms with van der Waals surface area (Å²) in [7, 11) is 1.36. The van der Waals surface area contributed by atoms with Gasteiger partial charge in [-0.15, -0.1) is 0 Å². The van der Waals surface area contributed by atoms with E-state index < -0.39 is 11.8 Å². The number of hydrogen-bond acceptors (Lipinski definition) is 4. The number of aromatic nitrogens is 2. The third-order valence-corrected chi connectivity index (χ3v) is 4.79. The number of rotatable bonds is 4. The molecular weight excluding hydrogens is 341 g/mol. The topological polar surface area (TPSA) is 84.7 Å². The highest BCUT2D eigenvalue weighted by atomic mass is 19.1. The van der Waals surface area contributed by atoms with Gasteiger partial charge in [-0.1, -0.05) is 6.07 Å². The highest BCUT2D eigenvalue weighted by Crippen LogP contribution is 2.27. The lowest BCUT2D eigenvalue weighted by atomic mass is 10.0. The average molecular weight is 361 g/mol. The van der Waals surface area contributed by atoms with Crippen molar-refractivity contribution in [3.8, 4) is 5.75 Å². The molecule has 0 saturated carbocycles. The fourth-order valence-electron chi connectivity index (χ4n) is 3.32. The van der Waals surface area contributed by atoms with Crippen molar-refractivity contribution in [1.29, 1.82) is 0 Å².